The van der Waals surface area contributed by atoms with E-state index in [9.17, 15) is 8.78 Å². The molecule has 142 valence electrons. The minimum absolute atomic E-state index is 0.0112. The number of hydrogen-bond acceptors (Lipinski definition) is 5. The van der Waals surface area contributed by atoms with Crippen molar-refractivity contribution in [2.75, 3.05) is 0 Å². The number of halogens is 2. The van der Waals surface area contributed by atoms with Gasteiger partial charge in [0.15, 0.2) is 17.5 Å². The molecule has 8 heteroatoms. The molecule has 0 bridgehead atoms. The lowest BCUT2D eigenvalue weighted by atomic mass is 9.77. The van der Waals surface area contributed by atoms with Gasteiger partial charge in [-0.1, -0.05) is 31.9 Å². The zero-order valence-corrected chi connectivity index (χ0v) is 15.1. The summed E-state index contributed by atoms with van der Waals surface area (Å²) in [6.07, 6.45) is 9.01. The van der Waals surface area contributed by atoms with Crippen molar-refractivity contribution in [3.63, 3.8) is 0 Å². The number of allylic oxidation sites excluding steroid dienone is 1. The van der Waals surface area contributed by atoms with Crippen LogP contribution in [0.1, 0.15) is 56.3 Å². The van der Waals surface area contributed by atoms with Gasteiger partial charge >= 0.3 is 0 Å². The predicted octanol–water partition coefficient (Wildman–Crippen LogP) is 3.17. The Hall–Kier alpha value is -2.48. The second-order valence-corrected chi connectivity index (χ2v) is 7.24. The van der Waals surface area contributed by atoms with Crippen LogP contribution in [0.5, 0.6) is 0 Å². The smallest absolute Gasteiger partial charge is 0.184 e. The Bertz CT molecular complexity index is 902. The molecule has 2 aliphatic rings. The van der Waals surface area contributed by atoms with Crippen molar-refractivity contribution in [2.45, 2.75) is 56.5 Å². The van der Waals surface area contributed by atoms with Crippen molar-refractivity contribution in [3.05, 3.63) is 47.3 Å². The lowest BCUT2D eigenvalue weighted by molar-refractivity contribution is 0.359. The average molecular weight is 372 g/mol. The Morgan fingerprint density at radius 3 is 2.78 bits per heavy atom. The lowest BCUT2D eigenvalue weighted by Gasteiger charge is -2.34. The summed E-state index contributed by atoms with van der Waals surface area (Å²) in [5.41, 5.74) is 5.95. The molecule has 6 nitrogen and oxygen atoms in total. The molecule has 1 fully saturated rings. The fraction of sp³-hybridized carbons (Fsp3) is 0.474. The molecule has 0 radical (unpaired) electrons. The van der Waals surface area contributed by atoms with Crippen molar-refractivity contribution < 1.29 is 8.78 Å². The van der Waals surface area contributed by atoms with E-state index < -0.39 is 23.2 Å². The third-order valence-corrected chi connectivity index (χ3v) is 5.42. The number of hydrogen-bond donors (Lipinski definition) is 1. The summed E-state index contributed by atoms with van der Waals surface area (Å²) in [6.45, 7) is 2.07. The number of aromatic nitrogens is 4. The zero-order chi connectivity index (χ0) is 19.0. The van der Waals surface area contributed by atoms with E-state index in [0.717, 1.165) is 25.7 Å². The molecule has 1 aromatic carbocycles. The monoisotopic (exact) mass is 372 g/mol. The summed E-state index contributed by atoms with van der Waals surface area (Å²) in [4.78, 5) is 4.30. The van der Waals surface area contributed by atoms with Gasteiger partial charge in [-0.25, -0.2) is 8.78 Å². The van der Waals surface area contributed by atoms with Crippen LogP contribution in [0.4, 0.5) is 8.78 Å². The molecule has 2 N–H and O–H groups in total. The van der Waals surface area contributed by atoms with E-state index in [2.05, 4.69) is 27.4 Å². The number of benzene rings is 1. The molecular formula is C19H22F2N6. The molecule has 1 aromatic heterocycles. The number of rotatable bonds is 6. The summed E-state index contributed by atoms with van der Waals surface area (Å²) < 4.78 is 30.7. The number of unbranched alkanes of at least 4 members (excludes halogenated alkanes) is 1. The van der Waals surface area contributed by atoms with Crippen molar-refractivity contribution >= 4 is 6.21 Å². The molecule has 2 heterocycles. The molecule has 1 aliphatic heterocycles. The molecule has 1 aliphatic carbocycles. The molecule has 2 aromatic rings. The van der Waals surface area contributed by atoms with Gasteiger partial charge in [0.05, 0.1) is 5.41 Å². The summed E-state index contributed by atoms with van der Waals surface area (Å²) in [6, 6.07) is 3.17. The van der Waals surface area contributed by atoms with Crippen LogP contribution in [0.25, 0.3) is 5.69 Å². The normalized spacial score (nSPS) is 24.5. The highest BCUT2D eigenvalue weighted by atomic mass is 19.2. The third-order valence-electron chi connectivity index (χ3n) is 5.42. The first kappa shape index (κ1) is 17.9. The highest BCUT2D eigenvalue weighted by Gasteiger charge is 2.42. The lowest BCUT2D eigenvalue weighted by Crippen LogP contribution is -2.46. The standard InChI is InChI=1S/C19H22F2N6/c1-2-3-9-19(10-4-11-23-17(19)22)18-24-25-26-27(18)14-8-7-13(12-5-6-12)15(20)16(14)21/h4,7-8,10-12,17H,2-3,5-6,9,22H2,1H3. The second-order valence-electron chi connectivity index (χ2n) is 7.24. The van der Waals surface area contributed by atoms with E-state index in [1.54, 1.807) is 24.4 Å². The maximum absolute atomic E-state index is 14.9. The van der Waals surface area contributed by atoms with Crippen LogP contribution in [0, 0.1) is 11.6 Å². The van der Waals surface area contributed by atoms with Crippen molar-refractivity contribution in [3.8, 4) is 5.69 Å². The van der Waals surface area contributed by atoms with Crippen molar-refractivity contribution in [1.82, 2.24) is 20.2 Å². The fourth-order valence-electron chi connectivity index (χ4n) is 3.67. The Morgan fingerprint density at radius 1 is 1.26 bits per heavy atom. The van der Waals surface area contributed by atoms with Crippen LogP contribution >= 0.6 is 0 Å². The SMILES string of the molecule is CCCCC1(c2nnnn2-c2ccc(C3CC3)c(F)c2F)C=CC=NC1N. The molecular weight excluding hydrogens is 350 g/mol. The first-order valence-electron chi connectivity index (χ1n) is 9.32. The topological polar surface area (TPSA) is 82.0 Å². The van der Waals surface area contributed by atoms with E-state index in [4.69, 9.17) is 5.73 Å². The molecule has 2 unspecified atom stereocenters. The predicted molar refractivity (Wildman–Crippen MR) is 97.9 cm³/mol. The van der Waals surface area contributed by atoms with Gasteiger partial charge in [0.2, 0.25) is 0 Å². The van der Waals surface area contributed by atoms with Crippen molar-refractivity contribution in [2.24, 2.45) is 10.7 Å². The number of dihydropyridines is 1. The average Bonchev–Trinajstić information content (AvgIpc) is 3.40. The summed E-state index contributed by atoms with van der Waals surface area (Å²) in [5, 5.41) is 11.8. The van der Waals surface area contributed by atoms with Gasteiger partial charge < -0.3 is 5.73 Å². The maximum Gasteiger partial charge on any atom is 0.184 e. The van der Waals surface area contributed by atoms with E-state index in [1.165, 1.54) is 4.68 Å². The van der Waals surface area contributed by atoms with Crippen LogP contribution < -0.4 is 5.73 Å². The minimum Gasteiger partial charge on any atom is -0.309 e. The van der Waals surface area contributed by atoms with E-state index in [-0.39, 0.29) is 11.6 Å². The van der Waals surface area contributed by atoms with Gasteiger partial charge in [-0.3, -0.25) is 4.99 Å². The summed E-state index contributed by atoms with van der Waals surface area (Å²) in [7, 11) is 0. The first-order chi connectivity index (χ1) is 13.1. The zero-order valence-electron chi connectivity index (χ0n) is 15.1. The van der Waals surface area contributed by atoms with Gasteiger partial charge in [0.1, 0.15) is 11.9 Å². The molecule has 0 saturated heterocycles. The molecule has 4 rings (SSSR count). The first-order valence-corrected chi connectivity index (χ1v) is 9.32. The van der Waals surface area contributed by atoms with Crippen LogP contribution in [0.15, 0.2) is 29.3 Å². The van der Waals surface area contributed by atoms with Gasteiger partial charge in [-0.05, 0) is 53.3 Å². The highest BCUT2D eigenvalue weighted by molar-refractivity contribution is 5.73. The summed E-state index contributed by atoms with van der Waals surface area (Å²) in [5.74, 6) is -1.27. The maximum atomic E-state index is 14.9. The van der Waals surface area contributed by atoms with Crippen LogP contribution in [-0.4, -0.2) is 32.6 Å². The quantitative estimate of drug-likeness (QED) is 0.844. The number of tetrazole rings is 1. The van der Waals surface area contributed by atoms with E-state index in [1.807, 2.05) is 6.08 Å². The fourth-order valence-corrected chi connectivity index (χ4v) is 3.67. The third kappa shape index (κ3) is 2.97. The largest absolute Gasteiger partial charge is 0.309 e. The second kappa shape index (κ2) is 6.92. The molecule has 1 saturated carbocycles. The van der Waals surface area contributed by atoms with E-state index >= 15 is 0 Å². The number of aliphatic imine (C=N–C) groups is 1. The Kier molecular flexibility index (Phi) is 4.59. The van der Waals surface area contributed by atoms with E-state index in [0.29, 0.717) is 17.8 Å². The number of nitrogens with zero attached hydrogens (tertiary/aromatic N) is 5. The van der Waals surface area contributed by atoms with Gasteiger partial charge in [0.25, 0.3) is 0 Å². The minimum atomic E-state index is -0.935. The molecule has 0 amide bonds. The van der Waals surface area contributed by atoms with Gasteiger partial charge in [-0.15, -0.1) is 5.10 Å². The highest BCUT2D eigenvalue weighted by Crippen LogP contribution is 2.42. The van der Waals surface area contributed by atoms with Crippen LogP contribution in [0.2, 0.25) is 0 Å². The molecule has 27 heavy (non-hydrogen) atoms. The Labute approximate surface area is 156 Å². The Morgan fingerprint density at radius 2 is 2.07 bits per heavy atom. The van der Waals surface area contributed by atoms with Crippen LogP contribution in [0.3, 0.4) is 0 Å². The molecule has 0 spiro atoms. The molecule has 2 atom stereocenters. The Balaban J connectivity index is 1.81. The summed E-state index contributed by atoms with van der Waals surface area (Å²) >= 11 is 0. The van der Waals surface area contributed by atoms with Crippen LogP contribution in [-0.2, 0) is 5.41 Å². The van der Waals surface area contributed by atoms with Crippen molar-refractivity contribution in [1.29, 1.82) is 0 Å². The van der Waals surface area contributed by atoms with Gasteiger partial charge in [0, 0.05) is 6.21 Å². The number of nitrogens with two attached hydrogens (primary N) is 1. The van der Waals surface area contributed by atoms with Gasteiger partial charge in [-0.2, -0.15) is 4.68 Å².